The first-order valence-electron chi connectivity index (χ1n) is 10.2. The molecule has 3 rings (SSSR count). The molecule has 1 heterocycles. The Bertz CT molecular complexity index is 868. The van der Waals surface area contributed by atoms with Crippen LogP contribution in [-0.2, 0) is 0 Å². The van der Waals surface area contributed by atoms with E-state index in [0.29, 0.717) is 13.2 Å². The van der Waals surface area contributed by atoms with Crippen LogP contribution in [0.5, 0.6) is 11.5 Å². The average molecular weight is 406 g/mol. The highest BCUT2D eigenvalue weighted by Gasteiger charge is 2.06. The summed E-state index contributed by atoms with van der Waals surface area (Å²) >= 11 is 0. The Morgan fingerprint density at radius 3 is 1.53 bits per heavy atom. The SMILES string of the molecule is CN(C)CCOc1cccc(-c2cncc(-c3cccc(OCCN(C)C)c3)c2)c1. The quantitative estimate of drug-likeness (QED) is 0.503. The van der Waals surface area contributed by atoms with E-state index in [4.69, 9.17) is 9.47 Å². The van der Waals surface area contributed by atoms with E-state index < -0.39 is 0 Å². The zero-order valence-electron chi connectivity index (χ0n) is 18.3. The van der Waals surface area contributed by atoms with Gasteiger partial charge in [-0.1, -0.05) is 24.3 Å². The average Bonchev–Trinajstić information content (AvgIpc) is 2.74. The largest absolute Gasteiger partial charge is 0.492 e. The molecular weight excluding hydrogens is 374 g/mol. The van der Waals surface area contributed by atoms with Gasteiger partial charge in [0, 0.05) is 36.6 Å². The number of aromatic nitrogens is 1. The Labute approximate surface area is 179 Å². The van der Waals surface area contributed by atoms with Crippen LogP contribution in [-0.4, -0.2) is 69.3 Å². The summed E-state index contributed by atoms with van der Waals surface area (Å²) in [5, 5.41) is 0. The number of rotatable bonds is 10. The van der Waals surface area contributed by atoms with Gasteiger partial charge in [0.2, 0.25) is 0 Å². The molecule has 0 radical (unpaired) electrons. The summed E-state index contributed by atoms with van der Waals surface area (Å²) in [5.41, 5.74) is 4.30. The second-order valence-electron chi connectivity index (χ2n) is 7.82. The van der Waals surface area contributed by atoms with Crippen LogP contribution in [0.2, 0.25) is 0 Å². The second-order valence-corrected chi connectivity index (χ2v) is 7.82. The van der Waals surface area contributed by atoms with Crippen LogP contribution in [0.15, 0.2) is 67.0 Å². The van der Waals surface area contributed by atoms with Crippen LogP contribution >= 0.6 is 0 Å². The number of benzene rings is 2. The highest BCUT2D eigenvalue weighted by molar-refractivity contribution is 5.73. The normalized spacial score (nSPS) is 11.1. The highest BCUT2D eigenvalue weighted by Crippen LogP contribution is 2.29. The van der Waals surface area contributed by atoms with Gasteiger partial charge in [0.15, 0.2) is 0 Å². The molecule has 0 aliphatic carbocycles. The van der Waals surface area contributed by atoms with Crippen molar-refractivity contribution in [3.05, 3.63) is 67.0 Å². The highest BCUT2D eigenvalue weighted by atomic mass is 16.5. The van der Waals surface area contributed by atoms with Crippen LogP contribution in [0, 0.1) is 0 Å². The molecule has 0 aliphatic heterocycles. The third-order valence-electron chi connectivity index (χ3n) is 4.69. The third kappa shape index (κ3) is 6.58. The molecule has 0 aliphatic rings. The fraction of sp³-hybridized carbons (Fsp3) is 0.320. The summed E-state index contributed by atoms with van der Waals surface area (Å²) in [5.74, 6) is 1.74. The summed E-state index contributed by atoms with van der Waals surface area (Å²) in [4.78, 5) is 8.69. The lowest BCUT2D eigenvalue weighted by Gasteiger charge is -2.13. The summed E-state index contributed by atoms with van der Waals surface area (Å²) < 4.78 is 11.8. The molecule has 5 nitrogen and oxygen atoms in total. The van der Waals surface area contributed by atoms with Crippen molar-refractivity contribution >= 4 is 0 Å². The lowest BCUT2D eigenvalue weighted by molar-refractivity contribution is 0.261. The zero-order valence-corrected chi connectivity index (χ0v) is 18.3. The van der Waals surface area contributed by atoms with E-state index in [-0.39, 0.29) is 0 Å². The molecule has 0 unspecified atom stereocenters. The van der Waals surface area contributed by atoms with Crippen molar-refractivity contribution in [3.8, 4) is 33.8 Å². The lowest BCUT2D eigenvalue weighted by Crippen LogP contribution is -2.19. The van der Waals surface area contributed by atoms with Crippen LogP contribution in [0.4, 0.5) is 0 Å². The minimum absolute atomic E-state index is 0.662. The maximum absolute atomic E-state index is 5.88. The molecule has 0 N–H and O–H groups in total. The van der Waals surface area contributed by atoms with E-state index in [0.717, 1.165) is 46.8 Å². The number of likely N-dealkylation sites (N-methyl/N-ethyl adjacent to an activating group) is 2. The van der Waals surface area contributed by atoms with Gasteiger partial charge in [-0.05, 0) is 69.6 Å². The first kappa shape index (κ1) is 21.8. The first-order chi connectivity index (χ1) is 14.5. The predicted octanol–water partition coefficient (Wildman–Crippen LogP) is 4.30. The monoisotopic (exact) mass is 405 g/mol. The number of hydrogen-bond donors (Lipinski definition) is 0. The third-order valence-corrected chi connectivity index (χ3v) is 4.69. The van der Waals surface area contributed by atoms with Gasteiger partial charge in [0.1, 0.15) is 24.7 Å². The Balaban J connectivity index is 1.75. The summed E-state index contributed by atoms with van der Waals surface area (Å²) in [6, 6.07) is 18.5. The molecule has 30 heavy (non-hydrogen) atoms. The van der Waals surface area contributed by atoms with Gasteiger partial charge in [0.25, 0.3) is 0 Å². The Morgan fingerprint density at radius 2 is 1.10 bits per heavy atom. The minimum atomic E-state index is 0.662. The molecule has 1 aromatic heterocycles. The van der Waals surface area contributed by atoms with E-state index >= 15 is 0 Å². The van der Waals surface area contributed by atoms with E-state index in [1.807, 2.05) is 64.8 Å². The summed E-state index contributed by atoms with van der Waals surface area (Å²) in [7, 11) is 8.16. The van der Waals surface area contributed by atoms with Crippen molar-refractivity contribution in [2.75, 3.05) is 54.5 Å². The van der Waals surface area contributed by atoms with Crippen LogP contribution in [0.1, 0.15) is 0 Å². The van der Waals surface area contributed by atoms with Gasteiger partial charge >= 0.3 is 0 Å². The van der Waals surface area contributed by atoms with Crippen molar-refractivity contribution in [3.63, 3.8) is 0 Å². The van der Waals surface area contributed by atoms with E-state index in [1.165, 1.54) is 0 Å². The van der Waals surface area contributed by atoms with Crippen molar-refractivity contribution in [1.82, 2.24) is 14.8 Å². The van der Waals surface area contributed by atoms with Crippen molar-refractivity contribution in [1.29, 1.82) is 0 Å². The number of nitrogens with zero attached hydrogens (tertiary/aromatic N) is 3. The molecule has 5 heteroatoms. The van der Waals surface area contributed by atoms with Crippen molar-refractivity contribution in [2.24, 2.45) is 0 Å². The van der Waals surface area contributed by atoms with Gasteiger partial charge in [-0.2, -0.15) is 0 Å². The number of pyridine rings is 1. The molecule has 0 spiro atoms. The first-order valence-corrected chi connectivity index (χ1v) is 10.2. The maximum atomic E-state index is 5.88. The Morgan fingerprint density at radius 1 is 0.633 bits per heavy atom. The molecule has 0 amide bonds. The zero-order chi connectivity index (χ0) is 21.3. The van der Waals surface area contributed by atoms with Gasteiger partial charge in [0.05, 0.1) is 0 Å². The molecule has 158 valence electrons. The fourth-order valence-electron chi connectivity index (χ4n) is 2.98. The number of ether oxygens (including phenoxy) is 2. The second kappa shape index (κ2) is 10.8. The predicted molar refractivity (Wildman–Crippen MR) is 123 cm³/mol. The molecular formula is C25H31N3O2. The minimum Gasteiger partial charge on any atom is -0.492 e. The molecule has 0 saturated carbocycles. The molecule has 0 fully saturated rings. The lowest BCUT2D eigenvalue weighted by atomic mass is 10.0. The van der Waals surface area contributed by atoms with Crippen LogP contribution in [0.25, 0.3) is 22.3 Å². The van der Waals surface area contributed by atoms with Gasteiger partial charge in [-0.25, -0.2) is 0 Å². The smallest absolute Gasteiger partial charge is 0.119 e. The molecule has 0 bridgehead atoms. The Kier molecular flexibility index (Phi) is 7.82. The van der Waals surface area contributed by atoms with Gasteiger partial charge < -0.3 is 19.3 Å². The Hall–Kier alpha value is -2.89. The van der Waals surface area contributed by atoms with Gasteiger partial charge in [-0.15, -0.1) is 0 Å². The van der Waals surface area contributed by atoms with Gasteiger partial charge in [-0.3, -0.25) is 4.98 Å². The van der Waals surface area contributed by atoms with E-state index in [9.17, 15) is 0 Å². The molecule has 3 aromatic rings. The topological polar surface area (TPSA) is 37.8 Å². The fourth-order valence-corrected chi connectivity index (χ4v) is 2.98. The van der Waals surface area contributed by atoms with Crippen LogP contribution < -0.4 is 9.47 Å². The van der Waals surface area contributed by atoms with Crippen molar-refractivity contribution in [2.45, 2.75) is 0 Å². The molecule has 0 saturated heterocycles. The standard InChI is InChI=1S/C25H31N3O2/c1-27(2)11-13-29-24-9-5-7-20(16-24)22-15-23(19-26-18-22)21-8-6-10-25(17-21)30-14-12-28(3)4/h5-10,15-19H,11-14H2,1-4H3. The summed E-state index contributed by atoms with van der Waals surface area (Å²) in [6.07, 6.45) is 3.78. The van der Waals surface area contributed by atoms with Crippen molar-refractivity contribution < 1.29 is 9.47 Å². The molecule has 2 aromatic carbocycles. The molecule has 0 atom stereocenters. The maximum Gasteiger partial charge on any atom is 0.119 e. The summed E-state index contributed by atoms with van der Waals surface area (Å²) in [6.45, 7) is 3.09. The van der Waals surface area contributed by atoms with E-state index in [1.54, 1.807) is 0 Å². The van der Waals surface area contributed by atoms with Crippen LogP contribution in [0.3, 0.4) is 0 Å². The van der Waals surface area contributed by atoms with E-state index in [2.05, 4.69) is 45.1 Å². The number of hydrogen-bond acceptors (Lipinski definition) is 5.